The van der Waals surface area contributed by atoms with Crippen molar-refractivity contribution in [1.29, 1.82) is 0 Å². The van der Waals surface area contributed by atoms with Crippen LogP contribution in [0.25, 0.3) is 0 Å². The van der Waals surface area contributed by atoms with Gasteiger partial charge in [0.15, 0.2) is 11.6 Å². The molecular weight excluding hydrogens is 320 g/mol. The molecule has 0 spiro atoms. The smallest absolute Gasteiger partial charge is 0.233 e. The largest absolute Gasteiger partial charge is 0.326 e. The molecule has 0 saturated heterocycles. The number of benzene rings is 2. The van der Waals surface area contributed by atoms with Gasteiger partial charge in [0.1, 0.15) is 6.42 Å². The molecule has 0 aliphatic rings. The molecule has 2 amide bonds. The van der Waals surface area contributed by atoms with E-state index in [-0.39, 0.29) is 18.0 Å². The summed E-state index contributed by atoms with van der Waals surface area (Å²) in [5, 5.41) is 5.19. The maximum atomic E-state index is 11.9. The van der Waals surface area contributed by atoms with E-state index < -0.39 is 11.8 Å². The summed E-state index contributed by atoms with van der Waals surface area (Å²) in [6.07, 6.45) is -0.344. The Morgan fingerprint density at radius 3 is 1.24 bits per heavy atom. The lowest BCUT2D eigenvalue weighted by molar-refractivity contribution is -0.123. The van der Waals surface area contributed by atoms with Crippen LogP contribution in [0.4, 0.5) is 11.4 Å². The zero-order valence-corrected chi connectivity index (χ0v) is 14.0. The Labute approximate surface area is 145 Å². The maximum Gasteiger partial charge on any atom is 0.233 e. The summed E-state index contributed by atoms with van der Waals surface area (Å²) >= 11 is 0. The number of nitrogens with one attached hydrogen (secondary N) is 2. The van der Waals surface area contributed by atoms with Crippen LogP contribution in [0.15, 0.2) is 48.5 Å². The molecule has 0 aliphatic carbocycles. The van der Waals surface area contributed by atoms with Gasteiger partial charge in [-0.25, -0.2) is 0 Å². The quantitative estimate of drug-likeness (QED) is 0.625. The van der Waals surface area contributed by atoms with E-state index in [1.54, 1.807) is 48.5 Å². The van der Waals surface area contributed by atoms with E-state index in [1.165, 1.54) is 13.8 Å². The summed E-state index contributed by atoms with van der Waals surface area (Å²) in [6, 6.07) is 12.8. The van der Waals surface area contributed by atoms with Crippen LogP contribution in [0.1, 0.15) is 41.0 Å². The fraction of sp³-hybridized carbons (Fsp3) is 0.158. The Bertz CT molecular complexity index is 739. The minimum atomic E-state index is -0.464. The molecule has 2 aromatic rings. The van der Waals surface area contributed by atoms with Crippen molar-refractivity contribution in [3.8, 4) is 0 Å². The summed E-state index contributed by atoms with van der Waals surface area (Å²) < 4.78 is 0. The Hall–Kier alpha value is -3.28. The minimum Gasteiger partial charge on any atom is -0.326 e. The molecule has 2 N–H and O–H groups in total. The SMILES string of the molecule is CC(=O)c1ccc(NC(=O)CC(=O)Nc2ccc(C(C)=O)cc2)cc1. The van der Waals surface area contributed by atoms with Gasteiger partial charge in [0, 0.05) is 22.5 Å². The average molecular weight is 338 g/mol. The van der Waals surface area contributed by atoms with Crippen LogP contribution in [-0.4, -0.2) is 23.4 Å². The van der Waals surface area contributed by atoms with Gasteiger partial charge in [0.2, 0.25) is 11.8 Å². The zero-order valence-electron chi connectivity index (χ0n) is 14.0. The van der Waals surface area contributed by atoms with Gasteiger partial charge in [-0.15, -0.1) is 0 Å². The number of ketones is 2. The predicted molar refractivity (Wildman–Crippen MR) is 94.8 cm³/mol. The second-order valence-electron chi connectivity index (χ2n) is 5.54. The first kappa shape index (κ1) is 18.1. The third-order valence-electron chi connectivity index (χ3n) is 3.47. The highest BCUT2D eigenvalue weighted by Gasteiger charge is 2.10. The van der Waals surface area contributed by atoms with E-state index in [0.717, 1.165) is 0 Å². The van der Waals surface area contributed by atoms with Crippen LogP contribution in [0.3, 0.4) is 0 Å². The Balaban J connectivity index is 1.88. The summed E-state index contributed by atoms with van der Waals surface area (Å²) in [5.74, 6) is -1.05. The van der Waals surface area contributed by atoms with Crippen LogP contribution in [0, 0.1) is 0 Å². The monoisotopic (exact) mass is 338 g/mol. The molecule has 0 aliphatic heterocycles. The minimum absolute atomic E-state index is 0.0620. The van der Waals surface area contributed by atoms with E-state index in [2.05, 4.69) is 10.6 Å². The summed E-state index contributed by atoms with van der Waals surface area (Å²) in [6.45, 7) is 2.92. The van der Waals surface area contributed by atoms with E-state index in [1.807, 2.05) is 0 Å². The summed E-state index contributed by atoms with van der Waals surface area (Å²) in [5.41, 5.74) is 2.11. The van der Waals surface area contributed by atoms with Gasteiger partial charge in [-0.3, -0.25) is 19.2 Å². The standard InChI is InChI=1S/C19H18N2O4/c1-12(22)14-3-7-16(8-4-14)20-18(24)11-19(25)21-17-9-5-15(6-10-17)13(2)23/h3-10H,11H2,1-2H3,(H,20,24)(H,21,25). The van der Waals surface area contributed by atoms with Crippen LogP contribution < -0.4 is 10.6 Å². The van der Waals surface area contributed by atoms with Crippen LogP contribution in [0.5, 0.6) is 0 Å². The number of hydrogen-bond acceptors (Lipinski definition) is 4. The van der Waals surface area contributed by atoms with Crippen molar-refractivity contribution in [1.82, 2.24) is 0 Å². The summed E-state index contributed by atoms with van der Waals surface area (Å²) in [4.78, 5) is 46.2. The van der Waals surface area contributed by atoms with Crippen molar-refractivity contribution >= 4 is 34.8 Å². The highest BCUT2D eigenvalue weighted by Crippen LogP contribution is 2.12. The molecule has 0 aromatic heterocycles. The van der Waals surface area contributed by atoms with E-state index in [9.17, 15) is 19.2 Å². The van der Waals surface area contributed by atoms with Gasteiger partial charge in [-0.2, -0.15) is 0 Å². The lowest BCUT2D eigenvalue weighted by atomic mass is 10.1. The molecule has 2 aromatic carbocycles. The van der Waals surface area contributed by atoms with Crippen LogP contribution >= 0.6 is 0 Å². The van der Waals surface area contributed by atoms with Gasteiger partial charge in [0.25, 0.3) is 0 Å². The third-order valence-corrected chi connectivity index (χ3v) is 3.47. The number of carbonyl (C=O) groups excluding carboxylic acids is 4. The van der Waals surface area contributed by atoms with E-state index in [4.69, 9.17) is 0 Å². The van der Waals surface area contributed by atoms with E-state index >= 15 is 0 Å². The van der Waals surface area contributed by atoms with Crippen LogP contribution in [0.2, 0.25) is 0 Å². The van der Waals surface area contributed by atoms with Gasteiger partial charge in [-0.1, -0.05) is 0 Å². The first-order chi connectivity index (χ1) is 11.8. The molecule has 0 heterocycles. The van der Waals surface area contributed by atoms with Crippen molar-refractivity contribution in [2.24, 2.45) is 0 Å². The zero-order chi connectivity index (χ0) is 18.4. The number of amides is 2. The molecule has 0 unspecified atom stereocenters. The molecular formula is C19H18N2O4. The fourth-order valence-electron chi connectivity index (χ4n) is 2.13. The molecule has 6 heteroatoms. The predicted octanol–water partition coefficient (Wildman–Crippen LogP) is 3.06. The Morgan fingerprint density at radius 1 is 0.640 bits per heavy atom. The number of hydrogen-bond donors (Lipinski definition) is 2. The first-order valence-corrected chi connectivity index (χ1v) is 7.67. The molecule has 6 nitrogen and oxygen atoms in total. The van der Waals surface area contributed by atoms with Gasteiger partial charge < -0.3 is 10.6 Å². The maximum absolute atomic E-state index is 11.9. The number of carbonyl (C=O) groups is 4. The van der Waals surface area contributed by atoms with Crippen molar-refractivity contribution in [2.75, 3.05) is 10.6 Å². The fourth-order valence-corrected chi connectivity index (χ4v) is 2.13. The van der Waals surface area contributed by atoms with Crippen molar-refractivity contribution in [2.45, 2.75) is 20.3 Å². The second kappa shape index (κ2) is 8.01. The van der Waals surface area contributed by atoms with E-state index in [0.29, 0.717) is 22.5 Å². The van der Waals surface area contributed by atoms with Crippen LogP contribution in [-0.2, 0) is 9.59 Å². The lowest BCUT2D eigenvalue weighted by Gasteiger charge is -2.07. The number of rotatable bonds is 6. The number of Topliss-reactive ketones (excluding diaryl/α,β-unsaturated/α-hetero) is 2. The Morgan fingerprint density at radius 2 is 0.960 bits per heavy atom. The van der Waals surface area contributed by atoms with Crippen molar-refractivity contribution in [3.05, 3.63) is 59.7 Å². The first-order valence-electron chi connectivity index (χ1n) is 7.67. The van der Waals surface area contributed by atoms with Gasteiger partial charge in [0.05, 0.1) is 0 Å². The molecule has 0 bridgehead atoms. The molecule has 0 radical (unpaired) electrons. The van der Waals surface area contributed by atoms with Crippen molar-refractivity contribution in [3.63, 3.8) is 0 Å². The molecule has 2 rings (SSSR count). The molecule has 25 heavy (non-hydrogen) atoms. The Kier molecular flexibility index (Phi) is 5.79. The highest BCUT2D eigenvalue weighted by molar-refractivity contribution is 6.08. The molecule has 128 valence electrons. The second-order valence-corrected chi connectivity index (χ2v) is 5.54. The van der Waals surface area contributed by atoms with Crippen molar-refractivity contribution < 1.29 is 19.2 Å². The molecule has 0 atom stereocenters. The topological polar surface area (TPSA) is 92.3 Å². The highest BCUT2D eigenvalue weighted by atomic mass is 16.2. The molecule has 0 fully saturated rings. The molecule has 0 saturated carbocycles. The number of anilines is 2. The van der Waals surface area contributed by atoms with Gasteiger partial charge >= 0.3 is 0 Å². The summed E-state index contributed by atoms with van der Waals surface area (Å²) in [7, 11) is 0. The lowest BCUT2D eigenvalue weighted by Crippen LogP contribution is -2.21. The normalized spacial score (nSPS) is 10.0. The third kappa shape index (κ3) is 5.39. The van der Waals surface area contributed by atoms with Gasteiger partial charge in [-0.05, 0) is 62.4 Å². The average Bonchev–Trinajstić information content (AvgIpc) is 2.55.